The Bertz CT molecular complexity index is 921. The predicted molar refractivity (Wildman–Crippen MR) is 120 cm³/mol. The van der Waals surface area contributed by atoms with E-state index in [1.54, 1.807) is 0 Å². The van der Waals surface area contributed by atoms with Crippen molar-refractivity contribution < 1.29 is 4.74 Å². The number of hydrogen-bond donors (Lipinski definition) is 0. The van der Waals surface area contributed by atoms with Crippen LogP contribution in [0.3, 0.4) is 0 Å². The van der Waals surface area contributed by atoms with Crippen molar-refractivity contribution in [2.24, 2.45) is 10.4 Å². The van der Waals surface area contributed by atoms with Gasteiger partial charge in [0.05, 0.1) is 0 Å². The number of rotatable bonds is 4. The summed E-state index contributed by atoms with van der Waals surface area (Å²) in [5.74, 6) is 0.807. The Balaban J connectivity index is 1.83. The van der Waals surface area contributed by atoms with Crippen LogP contribution in [-0.2, 0) is 4.74 Å². The summed E-state index contributed by atoms with van der Waals surface area (Å²) in [6, 6.07) is 30.7. The van der Waals surface area contributed by atoms with E-state index in [4.69, 9.17) is 9.73 Å². The van der Waals surface area contributed by atoms with Crippen LogP contribution in [-0.4, -0.2) is 33.2 Å². The van der Waals surface area contributed by atoms with E-state index in [2.05, 4.69) is 106 Å². The first kappa shape index (κ1) is 19.0. The summed E-state index contributed by atoms with van der Waals surface area (Å²) in [5, 5.41) is 0. The summed E-state index contributed by atoms with van der Waals surface area (Å²) in [5.41, 5.74) is 1.26. The van der Waals surface area contributed by atoms with Crippen molar-refractivity contribution >= 4 is 33.6 Å². The van der Waals surface area contributed by atoms with Gasteiger partial charge in [-0.1, -0.05) is 0 Å². The summed E-state index contributed by atoms with van der Waals surface area (Å²) < 4.78 is 10.3. The first-order valence-electron chi connectivity index (χ1n) is 9.74. The molecule has 1 aliphatic heterocycles. The van der Waals surface area contributed by atoms with Crippen molar-refractivity contribution in [3.63, 3.8) is 0 Å². The summed E-state index contributed by atoms with van der Waals surface area (Å²) in [4.78, 5) is 4.98. The molecule has 3 aromatic carbocycles. The minimum absolute atomic E-state index is 0.104. The Labute approximate surface area is 172 Å². The molecule has 1 aliphatic rings. The van der Waals surface area contributed by atoms with Gasteiger partial charge in [-0.2, -0.15) is 0 Å². The number of hydrogen-bond acceptors (Lipinski definition) is 2. The van der Waals surface area contributed by atoms with Crippen molar-refractivity contribution in [2.45, 2.75) is 26.8 Å². The minimum atomic E-state index is -1.72. The summed E-state index contributed by atoms with van der Waals surface area (Å²) in [7, 11) is 0. The van der Waals surface area contributed by atoms with Gasteiger partial charge >= 0.3 is 173 Å². The van der Waals surface area contributed by atoms with Gasteiger partial charge in [-0.25, -0.2) is 0 Å². The zero-order chi connectivity index (χ0) is 19.6. The number of nitrogens with zero attached hydrogens (tertiary/aromatic N) is 1. The molecule has 0 spiro atoms. The number of benzene rings is 3. The van der Waals surface area contributed by atoms with Crippen molar-refractivity contribution in [1.82, 2.24) is 0 Å². The average molecular weight is 431 g/mol. The fourth-order valence-electron chi connectivity index (χ4n) is 3.40. The third-order valence-electron chi connectivity index (χ3n) is 5.05. The molecule has 0 aromatic heterocycles. The molecular weight excluding hydrogens is 405 g/mol. The van der Waals surface area contributed by atoms with Gasteiger partial charge in [0.15, 0.2) is 0 Å². The molecule has 0 unspecified atom stereocenters. The molecule has 0 radical (unpaired) electrons. The van der Waals surface area contributed by atoms with Crippen LogP contribution in [0.4, 0.5) is 0 Å². The van der Waals surface area contributed by atoms with Gasteiger partial charge < -0.3 is 0 Å². The van der Waals surface area contributed by atoms with Crippen molar-refractivity contribution in [3.05, 3.63) is 90.5 Å². The second-order valence-electron chi connectivity index (χ2n) is 8.15. The normalized spacial score (nSPS) is 16.7. The summed E-state index contributed by atoms with van der Waals surface area (Å²) in [6.07, 6.45) is 0. The molecule has 0 saturated carbocycles. The van der Waals surface area contributed by atoms with Crippen LogP contribution in [0.1, 0.15) is 26.3 Å². The topological polar surface area (TPSA) is 21.6 Å². The molecule has 3 aromatic rings. The molecule has 0 aliphatic carbocycles. The number of ether oxygens (including phenoxy) is 1. The third kappa shape index (κ3) is 3.93. The molecule has 0 bridgehead atoms. The molecule has 1 heterocycles. The van der Waals surface area contributed by atoms with Crippen molar-refractivity contribution in [1.29, 1.82) is 0 Å². The predicted octanol–water partition coefficient (Wildman–Crippen LogP) is 3.39. The standard InChI is InChI=1S/C25H26AsNO/c1-25(2,3)23-18-28-24(27-23)21-16-10-11-17-22(21)26(19-12-6-4-7-13-19)20-14-8-5-9-15-20/h4-17,23H,18H2,1-3H3/t23-/m1/s1. The van der Waals surface area contributed by atoms with E-state index < -0.39 is 14.7 Å². The molecule has 3 heteroatoms. The first-order valence-corrected chi connectivity index (χ1v) is 12.6. The number of aliphatic imine (C=N–C) groups is 1. The molecule has 2 nitrogen and oxygen atoms in total. The van der Waals surface area contributed by atoms with Gasteiger partial charge in [0.1, 0.15) is 0 Å². The van der Waals surface area contributed by atoms with E-state index in [1.807, 2.05) is 0 Å². The second-order valence-corrected chi connectivity index (χ2v) is 12.7. The average Bonchev–Trinajstić information content (AvgIpc) is 3.21. The molecule has 4 rings (SSSR count). The fraction of sp³-hybridized carbons (Fsp3) is 0.240. The quantitative estimate of drug-likeness (QED) is 0.581. The third-order valence-corrected chi connectivity index (χ3v) is 10.3. The Hall–Kier alpha value is -2.31. The van der Waals surface area contributed by atoms with E-state index in [1.165, 1.54) is 13.1 Å². The fourth-order valence-corrected chi connectivity index (χ4v) is 8.52. The molecule has 0 fully saturated rings. The maximum absolute atomic E-state index is 6.11. The van der Waals surface area contributed by atoms with Gasteiger partial charge in [-0.3, -0.25) is 0 Å². The SMILES string of the molecule is CC(C)(C)[C@H]1COC(c2ccccc2[As](c2ccccc2)c2ccccc2)=N1. The van der Waals surface area contributed by atoms with Crippen LogP contribution < -0.4 is 13.1 Å². The van der Waals surface area contributed by atoms with Crippen LogP contribution in [0.15, 0.2) is 89.9 Å². The maximum atomic E-state index is 6.11. The van der Waals surface area contributed by atoms with E-state index in [9.17, 15) is 0 Å². The van der Waals surface area contributed by atoms with Crippen LogP contribution >= 0.6 is 0 Å². The Morgan fingerprint density at radius 1 is 0.786 bits per heavy atom. The molecule has 28 heavy (non-hydrogen) atoms. The zero-order valence-corrected chi connectivity index (χ0v) is 18.5. The van der Waals surface area contributed by atoms with E-state index in [0.717, 1.165) is 11.5 Å². The van der Waals surface area contributed by atoms with Crippen molar-refractivity contribution in [3.8, 4) is 0 Å². The Kier molecular flexibility index (Phi) is 5.42. The zero-order valence-electron chi connectivity index (χ0n) is 16.7. The van der Waals surface area contributed by atoms with Crippen LogP contribution in [0.5, 0.6) is 0 Å². The van der Waals surface area contributed by atoms with Gasteiger partial charge in [0.25, 0.3) is 0 Å². The van der Waals surface area contributed by atoms with E-state index in [-0.39, 0.29) is 11.5 Å². The van der Waals surface area contributed by atoms with Gasteiger partial charge in [-0.05, 0) is 0 Å². The first-order chi connectivity index (χ1) is 13.5. The van der Waals surface area contributed by atoms with Crippen molar-refractivity contribution in [2.75, 3.05) is 6.61 Å². The van der Waals surface area contributed by atoms with E-state index in [0.29, 0.717) is 6.61 Å². The monoisotopic (exact) mass is 431 g/mol. The van der Waals surface area contributed by atoms with Crippen LogP contribution in [0.25, 0.3) is 0 Å². The van der Waals surface area contributed by atoms with Gasteiger partial charge in [0.2, 0.25) is 0 Å². The molecule has 0 N–H and O–H groups in total. The molecular formula is C25H26AsNO. The molecule has 0 amide bonds. The van der Waals surface area contributed by atoms with Gasteiger partial charge in [0, 0.05) is 0 Å². The molecule has 0 saturated heterocycles. The van der Waals surface area contributed by atoms with E-state index >= 15 is 0 Å². The second kappa shape index (κ2) is 7.97. The van der Waals surface area contributed by atoms with Gasteiger partial charge in [-0.15, -0.1) is 0 Å². The molecule has 1 atom stereocenters. The molecule has 142 valence electrons. The summed E-state index contributed by atoms with van der Waals surface area (Å²) >= 11 is -1.72. The Morgan fingerprint density at radius 2 is 1.32 bits per heavy atom. The van der Waals surface area contributed by atoms with Crippen LogP contribution in [0.2, 0.25) is 0 Å². The Morgan fingerprint density at radius 3 is 1.86 bits per heavy atom. The van der Waals surface area contributed by atoms with Crippen LogP contribution in [0, 0.1) is 5.41 Å². The summed E-state index contributed by atoms with van der Waals surface area (Å²) in [6.45, 7) is 7.35.